The van der Waals surface area contributed by atoms with Gasteiger partial charge in [0.25, 0.3) is 0 Å². The molecule has 22 heavy (non-hydrogen) atoms. The molecule has 0 saturated carbocycles. The van der Waals surface area contributed by atoms with Crippen LogP contribution in [0.5, 0.6) is 0 Å². The highest BCUT2D eigenvalue weighted by Gasteiger charge is 2.21. The summed E-state index contributed by atoms with van der Waals surface area (Å²) >= 11 is 0. The first kappa shape index (κ1) is 13.5. The number of hydrogen-bond acceptors (Lipinski definition) is 3. The standard InChI is InChI=1S/C17H21N5/c1-21-10-4-5-13(21)8-11-22-12-9-18-17(22)16-19-14-6-2-3-7-15(14)20-16/h2-3,6-7,9,12-13H,4-5,8,10-11H2,1H3,(H,19,20). The minimum atomic E-state index is 0.700. The van der Waals surface area contributed by atoms with Crippen LogP contribution < -0.4 is 0 Å². The van der Waals surface area contributed by atoms with E-state index in [4.69, 9.17) is 0 Å². The summed E-state index contributed by atoms with van der Waals surface area (Å²) in [6.07, 6.45) is 7.71. The van der Waals surface area contributed by atoms with Crippen LogP contribution in [0.1, 0.15) is 19.3 Å². The number of hydrogen-bond donors (Lipinski definition) is 1. The molecular formula is C17H21N5. The fourth-order valence-electron chi connectivity index (χ4n) is 3.40. The Morgan fingerprint density at radius 2 is 2.23 bits per heavy atom. The molecule has 1 unspecified atom stereocenters. The van der Waals surface area contributed by atoms with Crippen molar-refractivity contribution in [3.05, 3.63) is 36.7 Å². The van der Waals surface area contributed by atoms with Crippen LogP contribution in [0.25, 0.3) is 22.7 Å². The van der Waals surface area contributed by atoms with Crippen molar-refractivity contribution < 1.29 is 0 Å². The average molecular weight is 295 g/mol. The maximum absolute atomic E-state index is 4.66. The molecule has 1 saturated heterocycles. The van der Waals surface area contributed by atoms with E-state index in [1.54, 1.807) is 0 Å². The van der Waals surface area contributed by atoms with E-state index in [-0.39, 0.29) is 0 Å². The molecule has 5 heteroatoms. The first-order chi connectivity index (χ1) is 10.8. The molecule has 2 aromatic heterocycles. The first-order valence-corrected chi connectivity index (χ1v) is 7.98. The molecule has 3 aromatic rings. The quantitative estimate of drug-likeness (QED) is 0.805. The number of nitrogens with one attached hydrogen (secondary N) is 1. The Labute approximate surface area is 130 Å². The lowest BCUT2D eigenvalue weighted by atomic mass is 10.1. The zero-order valence-corrected chi connectivity index (χ0v) is 12.9. The van der Waals surface area contributed by atoms with E-state index >= 15 is 0 Å². The van der Waals surface area contributed by atoms with E-state index in [0.717, 1.165) is 29.2 Å². The van der Waals surface area contributed by atoms with E-state index in [0.29, 0.717) is 6.04 Å². The number of aryl methyl sites for hydroxylation is 1. The number of fused-ring (bicyclic) bond motifs is 1. The van der Waals surface area contributed by atoms with Gasteiger partial charge in [0.15, 0.2) is 11.6 Å². The predicted octanol–water partition coefficient (Wildman–Crippen LogP) is 2.91. The van der Waals surface area contributed by atoms with Gasteiger partial charge in [0.2, 0.25) is 0 Å². The van der Waals surface area contributed by atoms with Gasteiger partial charge in [0, 0.05) is 25.0 Å². The lowest BCUT2D eigenvalue weighted by Crippen LogP contribution is -2.26. The molecule has 1 aliphatic rings. The second-order valence-corrected chi connectivity index (χ2v) is 6.11. The molecule has 114 valence electrons. The molecule has 0 spiro atoms. The zero-order chi connectivity index (χ0) is 14.9. The Kier molecular flexibility index (Phi) is 3.42. The van der Waals surface area contributed by atoms with Gasteiger partial charge in [-0.25, -0.2) is 9.97 Å². The second-order valence-electron chi connectivity index (χ2n) is 6.11. The molecule has 1 N–H and O–H groups in total. The Hall–Kier alpha value is -2.14. The third kappa shape index (κ3) is 2.41. The van der Waals surface area contributed by atoms with Gasteiger partial charge in [-0.15, -0.1) is 0 Å². The molecule has 1 fully saturated rings. The molecule has 4 rings (SSSR count). The van der Waals surface area contributed by atoms with Crippen molar-refractivity contribution >= 4 is 11.0 Å². The van der Waals surface area contributed by atoms with Crippen molar-refractivity contribution in [1.82, 2.24) is 24.4 Å². The minimum Gasteiger partial charge on any atom is -0.335 e. The summed E-state index contributed by atoms with van der Waals surface area (Å²) in [5, 5.41) is 0. The molecule has 0 amide bonds. The van der Waals surface area contributed by atoms with Gasteiger partial charge in [-0.05, 0) is 45.0 Å². The average Bonchev–Trinajstić information content (AvgIpc) is 3.23. The minimum absolute atomic E-state index is 0.700. The first-order valence-electron chi connectivity index (χ1n) is 7.98. The third-order valence-corrected chi connectivity index (χ3v) is 4.69. The number of likely N-dealkylation sites (tertiary alicyclic amines) is 1. The molecule has 0 bridgehead atoms. The van der Waals surface area contributed by atoms with Crippen molar-refractivity contribution in [3.63, 3.8) is 0 Å². The van der Waals surface area contributed by atoms with Gasteiger partial charge >= 0.3 is 0 Å². The van der Waals surface area contributed by atoms with Crippen LogP contribution >= 0.6 is 0 Å². The summed E-state index contributed by atoms with van der Waals surface area (Å²) in [5.41, 5.74) is 2.05. The van der Waals surface area contributed by atoms with Crippen LogP contribution in [-0.4, -0.2) is 44.1 Å². The number of nitrogens with zero attached hydrogens (tertiary/aromatic N) is 4. The van der Waals surface area contributed by atoms with Crippen LogP contribution in [0.4, 0.5) is 0 Å². The highest BCUT2D eigenvalue weighted by atomic mass is 15.2. The smallest absolute Gasteiger partial charge is 0.176 e. The van der Waals surface area contributed by atoms with E-state index in [1.807, 2.05) is 30.5 Å². The highest BCUT2D eigenvalue weighted by molar-refractivity contribution is 5.78. The van der Waals surface area contributed by atoms with Gasteiger partial charge in [-0.2, -0.15) is 0 Å². The summed E-state index contributed by atoms with van der Waals surface area (Å²) in [6.45, 7) is 2.21. The van der Waals surface area contributed by atoms with E-state index in [2.05, 4.69) is 37.7 Å². The van der Waals surface area contributed by atoms with Crippen molar-refractivity contribution in [2.24, 2.45) is 0 Å². The number of rotatable bonds is 4. The monoisotopic (exact) mass is 295 g/mol. The summed E-state index contributed by atoms with van der Waals surface area (Å²) in [5.74, 6) is 1.78. The number of benzene rings is 1. The van der Waals surface area contributed by atoms with Gasteiger partial charge < -0.3 is 14.5 Å². The largest absolute Gasteiger partial charge is 0.335 e. The van der Waals surface area contributed by atoms with Crippen molar-refractivity contribution in [1.29, 1.82) is 0 Å². The molecule has 1 atom stereocenters. The SMILES string of the molecule is CN1CCCC1CCn1ccnc1-c1nc2ccccc2[nH]1. The lowest BCUT2D eigenvalue weighted by Gasteiger charge is -2.19. The Morgan fingerprint density at radius 3 is 3.05 bits per heavy atom. The van der Waals surface area contributed by atoms with Gasteiger partial charge in [-0.3, -0.25) is 0 Å². The van der Waals surface area contributed by atoms with E-state index < -0.39 is 0 Å². The van der Waals surface area contributed by atoms with Crippen LogP contribution in [0.15, 0.2) is 36.7 Å². The van der Waals surface area contributed by atoms with Crippen molar-refractivity contribution in [3.8, 4) is 11.6 Å². The maximum atomic E-state index is 4.66. The fraction of sp³-hybridized carbons (Fsp3) is 0.412. The molecule has 0 radical (unpaired) electrons. The van der Waals surface area contributed by atoms with Crippen LogP contribution in [0, 0.1) is 0 Å². The number of para-hydroxylation sites is 2. The number of H-pyrrole nitrogens is 1. The molecule has 1 aliphatic heterocycles. The number of aromatic amines is 1. The number of aromatic nitrogens is 4. The molecule has 0 aliphatic carbocycles. The Bertz CT molecular complexity index is 739. The Morgan fingerprint density at radius 1 is 1.32 bits per heavy atom. The van der Waals surface area contributed by atoms with Crippen LogP contribution in [0.3, 0.4) is 0 Å². The zero-order valence-electron chi connectivity index (χ0n) is 12.9. The van der Waals surface area contributed by atoms with Gasteiger partial charge in [0.1, 0.15) is 0 Å². The van der Waals surface area contributed by atoms with E-state index in [9.17, 15) is 0 Å². The summed E-state index contributed by atoms with van der Waals surface area (Å²) in [4.78, 5) is 15.0. The normalized spacial score (nSPS) is 19.2. The van der Waals surface area contributed by atoms with Crippen LogP contribution in [0.2, 0.25) is 0 Å². The highest BCUT2D eigenvalue weighted by Crippen LogP contribution is 2.22. The van der Waals surface area contributed by atoms with Crippen molar-refractivity contribution in [2.45, 2.75) is 31.8 Å². The topological polar surface area (TPSA) is 49.7 Å². The molecular weight excluding hydrogens is 274 g/mol. The second kappa shape index (κ2) is 5.57. The molecule has 3 heterocycles. The molecule has 1 aromatic carbocycles. The Balaban J connectivity index is 1.56. The predicted molar refractivity (Wildman–Crippen MR) is 87.6 cm³/mol. The third-order valence-electron chi connectivity index (χ3n) is 4.69. The van der Waals surface area contributed by atoms with Gasteiger partial charge in [-0.1, -0.05) is 12.1 Å². The number of imidazole rings is 2. The molecule has 5 nitrogen and oxygen atoms in total. The van der Waals surface area contributed by atoms with Crippen molar-refractivity contribution in [2.75, 3.05) is 13.6 Å². The van der Waals surface area contributed by atoms with Gasteiger partial charge in [0.05, 0.1) is 11.0 Å². The lowest BCUT2D eigenvalue weighted by molar-refractivity contribution is 0.286. The van der Waals surface area contributed by atoms with Crippen LogP contribution in [-0.2, 0) is 6.54 Å². The summed E-state index contributed by atoms with van der Waals surface area (Å²) in [6, 6.07) is 8.80. The maximum Gasteiger partial charge on any atom is 0.176 e. The summed E-state index contributed by atoms with van der Waals surface area (Å²) in [7, 11) is 2.23. The van der Waals surface area contributed by atoms with E-state index in [1.165, 1.54) is 25.8 Å². The summed E-state index contributed by atoms with van der Waals surface area (Å²) < 4.78 is 2.21. The fourth-order valence-corrected chi connectivity index (χ4v) is 3.40.